The molecule has 2 rings (SSSR count). The molecule has 0 amide bonds. The molecular formula is C17H22N2O3. The number of piperidine rings is 1. The Morgan fingerprint density at radius 3 is 2.59 bits per heavy atom. The molecule has 1 aliphatic rings. The van der Waals surface area contributed by atoms with Crippen LogP contribution in [0.2, 0.25) is 0 Å². The van der Waals surface area contributed by atoms with Gasteiger partial charge >= 0.3 is 5.97 Å². The van der Waals surface area contributed by atoms with Crippen molar-refractivity contribution in [3.05, 3.63) is 41.6 Å². The molecule has 5 nitrogen and oxygen atoms in total. The van der Waals surface area contributed by atoms with Gasteiger partial charge in [0.15, 0.2) is 5.78 Å². The number of carbonyl (C=O) groups is 2. The second-order valence-electron chi connectivity index (χ2n) is 5.48. The first-order valence-electron chi connectivity index (χ1n) is 7.43. The predicted octanol–water partition coefficient (Wildman–Crippen LogP) is 2.09. The van der Waals surface area contributed by atoms with E-state index in [2.05, 4.69) is 4.90 Å². The van der Waals surface area contributed by atoms with Crippen LogP contribution in [0.4, 0.5) is 5.69 Å². The Kier molecular flexibility index (Phi) is 5.20. The molecule has 1 aromatic rings. The van der Waals surface area contributed by atoms with E-state index in [-0.39, 0.29) is 11.8 Å². The minimum atomic E-state index is -0.309. The zero-order chi connectivity index (χ0) is 16.1. The van der Waals surface area contributed by atoms with Crippen LogP contribution >= 0.6 is 0 Å². The van der Waals surface area contributed by atoms with E-state index in [1.165, 1.54) is 0 Å². The van der Waals surface area contributed by atoms with Crippen molar-refractivity contribution < 1.29 is 14.3 Å². The largest absolute Gasteiger partial charge is 0.462 e. The number of anilines is 1. The lowest BCUT2D eigenvalue weighted by Crippen LogP contribution is -2.36. The number of carbonyl (C=O) groups excluding carboxylic acids is 2. The monoisotopic (exact) mass is 302 g/mol. The fourth-order valence-electron chi connectivity index (χ4n) is 2.44. The second-order valence-corrected chi connectivity index (χ2v) is 5.48. The number of esters is 1. The Labute approximate surface area is 131 Å². The first-order chi connectivity index (χ1) is 10.5. The van der Waals surface area contributed by atoms with Crippen molar-refractivity contribution in [2.24, 2.45) is 0 Å². The summed E-state index contributed by atoms with van der Waals surface area (Å²) >= 11 is 0. The van der Waals surface area contributed by atoms with Gasteiger partial charge in [0, 0.05) is 51.1 Å². The summed E-state index contributed by atoms with van der Waals surface area (Å²) in [5, 5.41) is 0. The maximum absolute atomic E-state index is 11.9. The number of hydrogen-bond acceptors (Lipinski definition) is 5. The van der Waals surface area contributed by atoms with E-state index in [4.69, 9.17) is 4.74 Å². The predicted molar refractivity (Wildman–Crippen MR) is 86.0 cm³/mol. The van der Waals surface area contributed by atoms with Gasteiger partial charge in [-0.3, -0.25) is 4.79 Å². The summed E-state index contributed by atoms with van der Waals surface area (Å²) in [5.41, 5.74) is 2.36. The van der Waals surface area contributed by atoms with E-state index >= 15 is 0 Å². The molecule has 0 bridgehead atoms. The molecule has 0 aromatic heterocycles. The van der Waals surface area contributed by atoms with E-state index in [0.29, 0.717) is 31.7 Å². The first-order valence-corrected chi connectivity index (χ1v) is 7.43. The van der Waals surface area contributed by atoms with E-state index in [1.54, 1.807) is 19.1 Å². The van der Waals surface area contributed by atoms with Gasteiger partial charge in [-0.25, -0.2) is 4.79 Å². The number of ketones is 1. The number of Topliss-reactive ketones (excluding diaryl/α,β-unsaturated/α-hetero) is 1. The van der Waals surface area contributed by atoms with Crippen molar-refractivity contribution in [2.45, 2.75) is 13.3 Å². The number of nitrogens with zero attached hydrogens (tertiary/aromatic N) is 2. The fraction of sp³-hybridized carbons (Fsp3) is 0.412. The lowest BCUT2D eigenvalue weighted by Gasteiger charge is -2.30. The van der Waals surface area contributed by atoms with Gasteiger partial charge in [-0.15, -0.1) is 0 Å². The summed E-state index contributed by atoms with van der Waals surface area (Å²) in [6, 6.07) is 7.32. The molecular weight excluding hydrogens is 280 g/mol. The van der Waals surface area contributed by atoms with Gasteiger partial charge in [-0.2, -0.15) is 0 Å². The van der Waals surface area contributed by atoms with Crippen molar-refractivity contribution in [3.8, 4) is 0 Å². The van der Waals surface area contributed by atoms with E-state index < -0.39 is 0 Å². The van der Waals surface area contributed by atoms with Crippen molar-refractivity contribution in [1.82, 2.24) is 4.90 Å². The quantitative estimate of drug-likeness (QED) is 0.629. The Morgan fingerprint density at radius 2 is 2.00 bits per heavy atom. The summed E-state index contributed by atoms with van der Waals surface area (Å²) in [5.74, 6) is -0.107. The van der Waals surface area contributed by atoms with Crippen LogP contribution < -0.4 is 4.90 Å². The number of ether oxygens (including phenoxy) is 1. The Morgan fingerprint density at radius 1 is 1.32 bits per heavy atom. The molecule has 22 heavy (non-hydrogen) atoms. The highest BCUT2D eigenvalue weighted by Crippen LogP contribution is 2.22. The molecule has 0 spiro atoms. The van der Waals surface area contributed by atoms with Gasteiger partial charge in [0.2, 0.25) is 0 Å². The van der Waals surface area contributed by atoms with Crippen LogP contribution in [0.5, 0.6) is 0 Å². The van der Waals surface area contributed by atoms with E-state index in [0.717, 1.165) is 11.3 Å². The zero-order valence-corrected chi connectivity index (χ0v) is 13.3. The van der Waals surface area contributed by atoms with Gasteiger partial charge in [0.1, 0.15) is 0 Å². The van der Waals surface area contributed by atoms with Crippen LogP contribution in [-0.4, -0.2) is 50.4 Å². The molecule has 1 aromatic carbocycles. The third-order valence-electron chi connectivity index (χ3n) is 3.49. The van der Waals surface area contributed by atoms with E-state index in [9.17, 15) is 9.59 Å². The van der Waals surface area contributed by atoms with Crippen LogP contribution in [0.3, 0.4) is 0 Å². The average Bonchev–Trinajstić information content (AvgIpc) is 2.49. The van der Waals surface area contributed by atoms with E-state index in [1.807, 2.05) is 37.3 Å². The minimum absolute atomic E-state index is 0.202. The fourth-order valence-corrected chi connectivity index (χ4v) is 2.44. The van der Waals surface area contributed by atoms with Gasteiger partial charge in [-0.05, 0) is 31.2 Å². The third kappa shape index (κ3) is 3.87. The van der Waals surface area contributed by atoms with Crippen molar-refractivity contribution in [2.75, 3.05) is 38.7 Å². The molecule has 0 radical (unpaired) electrons. The molecule has 118 valence electrons. The molecule has 1 aliphatic heterocycles. The normalized spacial score (nSPS) is 16.8. The highest BCUT2D eigenvalue weighted by atomic mass is 16.5. The smallest absolute Gasteiger partial charge is 0.338 e. The molecule has 1 fully saturated rings. The van der Waals surface area contributed by atoms with Crippen molar-refractivity contribution in [3.63, 3.8) is 0 Å². The van der Waals surface area contributed by atoms with Gasteiger partial charge < -0.3 is 14.5 Å². The number of benzene rings is 1. The molecule has 1 heterocycles. The summed E-state index contributed by atoms with van der Waals surface area (Å²) in [4.78, 5) is 27.6. The molecule has 0 N–H and O–H groups in total. The molecule has 0 atom stereocenters. The maximum Gasteiger partial charge on any atom is 0.338 e. The third-order valence-corrected chi connectivity index (χ3v) is 3.49. The highest BCUT2D eigenvalue weighted by Gasteiger charge is 2.22. The highest BCUT2D eigenvalue weighted by molar-refractivity contribution is 5.97. The van der Waals surface area contributed by atoms with Gasteiger partial charge in [0.25, 0.3) is 0 Å². The summed E-state index contributed by atoms with van der Waals surface area (Å²) < 4.78 is 4.98. The average molecular weight is 302 g/mol. The standard InChI is InChI=1S/C17H22N2O3/c1-4-22-17(21)13-5-7-15(8-6-13)19-10-9-16(20)14(12-19)11-18(2)3/h5-8,11H,4,9-10,12H2,1-3H3/b14-11+. The summed E-state index contributed by atoms with van der Waals surface area (Å²) in [6.45, 7) is 3.45. The molecule has 1 saturated heterocycles. The van der Waals surface area contributed by atoms with Crippen LogP contribution in [0.1, 0.15) is 23.7 Å². The first kappa shape index (κ1) is 16.1. The van der Waals surface area contributed by atoms with Gasteiger partial charge in [0.05, 0.1) is 12.2 Å². The molecule has 0 unspecified atom stereocenters. The molecule has 0 aliphatic carbocycles. The Bertz CT molecular complexity index is 576. The Balaban J connectivity index is 2.11. The lowest BCUT2D eigenvalue weighted by atomic mass is 10.0. The van der Waals surface area contributed by atoms with Crippen LogP contribution in [0.15, 0.2) is 36.0 Å². The Hall–Kier alpha value is -2.30. The van der Waals surface area contributed by atoms with Gasteiger partial charge in [-0.1, -0.05) is 0 Å². The number of rotatable bonds is 4. The summed E-state index contributed by atoms with van der Waals surface area (Å²) in [7, 11) is 3.82. The summed E-state index contributed by atoms with van der Waals surface area (Å²) in [6.07, 6.45) is 2.39. The second kappa shape index (κ2) is 7.11. The number of hydrogen-bond donors (Lipinski definition) is 0. The SMILES string of the molecule is CCOC(=O)c1ccc(N2CCC(=O)/C(=C/N(C)C)C2)cc1. The molecule has 5 heteroatoms. The molecule has 0 saturated carbocycles. The van der Waals surface area contributed by atoms with Crippen LogP contribution in [0, 0.1) is 0 Å². The topological polar surface area (TPSA) is 49.9 Å². The lowest BCUT2D eigenvalue weighted by molar-refractivity contribution is -0.116. The van der Waals surface area contributed by atoms with Crippen molar-refractivity contribution in [1.29, 1.82) is 0 Å². The zero-order valence-electron chi connectivity index (χ0n) is 13.3. The maximum atomic E-state index is 11.9. The van der Waals surface area contributed by atoms with Crippen LogP contribution in [0.25, 0.3) is 0 Å². The van der Waals surface area contributed by atoms with Crippen molar-refractivity contribution >= 4 is 17.4 Å². The van der Waals surface area contributed by atoms with Crippen LogP contribution in [-0.2, 0) is 9.53 Å². The minimum Gasteiger partial charge on any atom is -0.462 e.